The topological polar surface area (TPSA) is 37.3 Å². The second kappa shape index (κ2) is 6.10. The molecule has 0 aliphatic carbocycles. The number of rotatable bonds is 5. The fourth-order valence-electron chi connectivity index (χ4n) is 0.815. The Balaban J connectivity index is 3.64. The van der Waals surface area contributed by atoms with E-state index < -0.39 is 6.10 Å². The molecule has 0 aromatic heterocycles. The van der Waals surface area contributed by atoms with Crippen molar-refractivity contribution < 1.29 is 9.90 Å². The molecule has 64 valence electrons. The van der Waals surface area contributed by atoms with Gasteiger partial charge in [0.05, 0.1) is 0 Å². The number of aliphatic hydroxyl groups excluding tert-OH is 1. The maximum atomic E-state index is 10.9. The van der Waals surface area contributed by atoms with Crippen molar-refractivity contribution in [2.24, 2.45) is 0 Å². The molecule has 0 saturated carbocycles. The van der Waals surface area contributed by atoms with Gasteiger partial charge in [-0.05, 0) is 19.4 Å². The van der Waals surface area contributed by atoms with Gasteiger partial charge in [0.15, 0.2) is 5.78 Å². The van der Waals surface area contributed by atoms with Crippen LogP contribution in [-0.2, 0) is 4.79 Å². The summed E-state index contributed by atoms with van der Waals surface area (Å²) in [4.78, 5) is 10.9. The van der Waals surface area contributed by atoms with Gasteiger partial charge in [-0.3, -0.25) is 4.79 Å². The van der Waals surface area contributed by atoms with Gasteiger partial charge < -0.3 is 5.11 Å². The average Bonchev–Trinajstić information content (AvgIpc) is 2.00. The summed E-state index contributed by atoms with van der Waals surface area (Å²) in [7, 11) is 0. The Morgan fingerprint density at radius 1 is 1.64 bits per heavy atom. The van der Waals surface area contributed by atoms with E-state index in [-0.39, 0.29) is 5.78 Å². The zero-order valence-electron chi connectivity index (χ0n) is 7.21. The highest BCUT2D eigenvalue weighted by Gasteiger charge is 2.09. The Kier molecular flexibility index (Phi) is 5.75. The minimum atomic E-state index is -0.786. The van der Waals surface area contributed by atoms with Crippen molar-refractivity contribution in [1.82, 2.24) is 0 Å². The molecule has 0 aliphatic heterocycles. The molecule has 0 unspecified atom stereocenters. The van der Waals surface area contributed by atoms with E-state index in [1.807, 2.05) is 6.92 Å². The lowest BCUT2D eigenvalue weighted by Gasteiger charge is -2.04. The Labute approximate surface area is 67.9 Å². The van der Waals surface area contributed by atoms with E-state index in [4.69, 9.17) is 0 Å². The Hall–Kier alpha value is -0.630. The van der Waals surface area contributed by atoms with Crippen molar-refractivity contribution in [3.63, 3.8) is 0 Å². The summed E-state index contributed by atoms with van der Waals surface area (Å²) in [5.41, 5.74) is 0. The number of hydrogen-bond donors (Lipinski definition) is 1. The van der Waals surface area contributed by atoms with Crippen LogP contribution in [0.4, 0.5) is 0 Å². The molecular formula is C9H16O2. The first-order valence-electron chi connectivity index (χ1n) is 4.07. The lowest BCUT2D eigenvalue weighted by Crippen LogP contribution is -2.17. The van der Waals surface area contributed by atoms with Crippen LogP contribution in [0.1, 0.15) is 33.1 Å². The second-order valence-electron chi connectivity index (χ2n) is 2.56. The predicted molar refractivity (Wildman–Crippen MR) is 45.4 cm³/mol. The van der Waals surface area contributed by atoms with Crippen LogP contribution in [0, 0.1) is 0 Å². The Bertz CT molecular complexity index is 138. The number of allylic oxidation sites excluding steroid dienone is 1. The van der Waals surface area contributed by atoms with Crippen LogP contribution in [0.2, 0.25) is 0 Å². The van der Waals surface area contributed by atoms with Crippen molar-refractivity contribution in [2.75, 3.05) is 0 Å². The number of ketones is 1. The van der Waals surface area contributed by atoms with Gasteiger partial charge in [-0.25, -0.2) is 0 Å². The third-order valence-electron chi connectivity index (χ3n) is 1.49. The van der Waals surface area contributed by atoms with Gasteiger partial charge in [-0.1, -0.05) is 25.8 Å². The molecule has 11 heavy (non-hydrogen) atoms. The zero-order valence-corrected chi connectivity index (χ0v) is 7.21. The largest absolute Gasteiger partial charge is 0.385 e. The molecule has 0 fully saturated rings. The number of carbonyl (C=O) groups excluding carboxylic acids is 1. The summed E-state index contributed by atoms with van der Waals surface area (Å²) in [5.74, 6) is -0.180. The molecule has 0 aromatic rings. The SMILES string of the molecule is C/C=C/C(=O)[C@@H](O)CCCC. The molecule has 0 saturated heterocycles. The standard InChI is InChI=1S/C9H16O2/c1-3-5-7-9(11)8(10)6-4-2/h4,6,9,11H,3,5,7H2,1-2H3/b6-4+/t9-/m0/s1. The molecule has 1 N–H and O–H groups in total. The van der Waals surface area contributed by atoms with Crippen molar-refractivity contribution in [3.8, 4) is 0 Å². The molecule has 0 aromatic carbocycles. The summed E-state index contributed by atoms with van der Waals surface area (Å²) in [6.45, 7) is 3.80. The lowest BCUT2D eigenvalue weighted by molar-refractivity contribution is -0.122. The highest BCUT2D eigenvalue weighted by Crippen LogP contribution is 2.01. The van der Waals surface area contributed by atoms with Crippen molar-refractivity contribution in [2.45, 2.75) is 39.2 Å². The summed E-state index contributed by atoms with van der Waals surface area (Å²) >= 11 is 0. The van der Waals surface area contributed by atoms with Gasteiger partial charge in [-0.15, -0.1) is 0 Å². The van der Waals surface area contributed by atoms with Crippen LogP contribution < -0.4 is 0 Å². The van der Waals surface area contributed by atoms with Crippen molar-refractivity contribution in [3.05, 3.63) is 12.2 Å². The molecule has 0 bridgehead atoms. The fourth-order valence-corrected chi connectivity index (χ4v) is 0.815. The minimum absolute atomic E-state index is 0.180. The quantitative estimate of drug-likeness (QED) is 0.615. The third kappa shape index (κ3) is 4.73. The van der Waals surface area contributed by atoms with E-state index in [9.17, 15) is 9.90 Å². The second-order valence-corrected chi connectivity index (χ2v) is 2.56. The highest BCUT2D eigenvalue weighted by atomic mass is 16.3. The van der Waals surface area contributed by atoms with E-state index in [1.54, 1.807) is 13.0 Å². The Morgan fingerprint density at radius 3 is 2.73 bits per heavy atom. The van der Waals surface area contributed by atoms with E-state index in [1.165, 1.54) is 6.08 Å². The number of carbonyl (C=O) groups is 1. The normalized spacial score (nSPS) is 13.7. The summed E-state index contributed by atoms with van der Waals surface area (Å²) in [5, 5.41) is 9.18. The van der Waals surface area contributed by atoms with Gasteiger partial charge in [0.1, 0.15) is 6.10 Å². The number of aliphatic hydroxyl groups is 1. The Morgan fingerprint density at radius 2 is 2.27 bits per heavy atom. The highest BCUT2D eigenvalue weighted by molar-refractivity contribution is 5.93. The molecule has 0 heterocycles. The average molecular weight is 156 g/mol. The van der Waals surface area contributed by atoms with Gasteiger partial charge in [0, 0.05) is 0 Å². The predicted octanol–water partition coefficient (Wildman–Crippen LogP) is 1.68. The van der Waals surface area contributed by atoms with Crippen LogP contribution in [0.5, 0.6) is 0 Å². The monoisotopic (exact) mass is 156 g/mol. The number of unbranched alkanes of at least 4 members (excludes halogenated alkanes) is 1. The summed E-state index contributed by atoms with van der Waals surface area (Å²) in [6, 6.07) is 0. The van der Waals surface area contributed by atoms with Crippen LogP contribution in [0.3, 0.4) is 0 Å². The maximum Gasteiger partial charge on any atom is 0.183 e. The van der Waals surface area contributed by atoms with Crippen LogP contribution in [0.15, 0.2) is 12.2 Å². The molecule has 0 rings (SSSR count). The molecule has 2 nitrogen and oxygen atoms in total. The van der Waals surface area contributed by atoms with Crippen molar-refractivity contribution >= 4 is 5.78 Å². The molecule has 0 spiro atoms. The molecular weight excluding hydrogens is 140 g/mol. The first-order chi connectivity index (χ1) is 5.22. The third-order valence-corrected chi connectivity index (χ3v) is 1.49. The van der Waals surface area contributed by atoms with Gasteiger partial charge in [0.25, 0.3) is 0 Å². The van der Waals surface area contributed by atoms with Gasteiger partial charge in [-0.2, -0.15) is 0 Å². The van der Waals surface area contributed by atoms with Gasteiger partial charge >= 0.3 is 0 Å². The molecule has 0 radical (unpaired) electrons. The maximum absolute atomic E-state index is 10.9. The molecule has 0 amide bonds. The molecule has 2 heteroatoms. The van der Waals surface area contributed by atoms with Crippen LogP contribution >= 0.6 is 0 Å². The smallest absolute Gasteiger partial charge is 0.183 e. The zero-order chi connectivity index (χ0) is 8.69. The van der Waals surface area contributed by atoms with Crippen LogP contribution in [0.25, 0.3) is 0 Å². The summed E-state index contributed by atoms with van der Waals surface area (Å²) in [6.07, 6.45) is 4.79. The fraction of sp³-hybridized carbons (Fsp3) is 0.667. The minimum Gasteiger partial charge on any atom is -0.385 e. The molecule has 0 aliphatic rings. The van der Waals surface area contributed by atoms with E-state index in [0.717, 1.165) is 12.8 Å². The van der Waals surface area contributed by atoms with Crippen LogP contribution in [-0.4, -0.2) is 17.0 Å². The van der Waals surface area contributed by atoms with E-state index >= 15 is 0 Å². The first-order valence-corrected chi connectivity index (χ1v) is 4.07. The van der Waals surface area contributed by atoms with E-state index in [2.05, 4.69) is 0 Å². The molecule has 1 atom stereocenters. The van der Waals surface area contributed by atoms with Crippen molar-refractivity contribution in [1.29, 1.82) is 0 Å². The number of hydrogen-bond acceptors (Lipinski definition) is 2. The lowest BCUT2D eigenvalue weighted by atomic mass is 10.1. The summed E-state index contributed by atoms with van der Waals surface area (Å²) < 4.78 is 0. The first kappa shape index (κ1) is 10.4. The van der Waals surface area contributed by atoms with Gasteiger partial charge in [0.2, 0.25) is 0 Å². The van der Waals surface area contributed by atoms with E-state index in [0.29, 0.717) is 6.42 Å².